The SMILES string of the molecule is CCCC(CC(=O)O)NC(=O)C1CCCO1. The Hall–Kier alpha value is -1.10. The molecule has 1 aliphatic heterocycles. The number of hydrogen-bond donors (Lipinski definition) is 2. The summed E-state index contributed by atoms with van der Waals surface area (Å²) in [6, 6.07) is -0.279. The van der Waals surface area contributed by atoms with E-state index in [0.717, 1.165) is 19.3 Å². The van der Waals surface area contributed by atoms with E-state index in [0.29, 0.717) is 13.0 Å². The van der Waals surface area contributed by atoms with Crippen molar-refractivity contribution in [2.75, 3.05) is 6.61 Å². The minimum absolute atomic E-state index is 0.0215. The molecule has 1 fully saturated rings. The van der Waals surface area contributed by atoms with Gasteiger partial charge in [-0.05, 0) is 19.3 Å². The van der Waals surface area contributed by atoms with Crippen LogP contribution in [0.2, 0.25) is 0 Å². The molecule has 2 unspecified atom stereocenters. The van der Waals surface area contributed by atoms with Crippen LogP contribution in [-0.4, -0.2) is 35.7 Å². The van der Waals surface area contributed by atoms with Crippen molar-refractivity contribution < 1.29 is 19.4 Å². The van der Waals surface area contributed by atoms with Gasteiger partial charge in [-0.15, -0.1) is 0 Å². The summed E-state index contributed by atoms with van der Waals surface area (Å²) in [5.74, 6) is -1.05. The summed E-state index contributed by atoms with van der Waals surface area (Å²) in [7, 11) is 0. The van der Waals surface area contributed by atoms with E-state index in [1.54, 1.807) is 0 Å². The molecule has 0 saturated carbocycles. The molecule has 2 atom stereocenters. The van der Waals surface area contributed by atoms with Crippen LogP contribution >= 0.6 is 0 Å². The normalized spacial score (nSPS) is 21.7. The van der Waals surface area contributed by atoms with Gasteiger partial charge in [0, 0.05) is 12.6 Å². The van der Waals surface area contributed by atoms with Crippen molar-refractivity contribution in [2.45, 2.75) is 51.2 Å². The van der Waals surface area contributed by atoms with Crippen LogP contribution in [0.3, 0.4) is 0 Å². The predicted molar refractivity (Wildman–Crippen MR) is 58.1 cm³/mol. The fourth-order valence-corrected chi connectivity index (χ4v) is 1.86. The van der Waals surface area contributed by atoms with Gasteiger partial charge in [-0.3, -0.25) is 9.59 Å². The standard InChI is InChI=1S/C11H19NO4/c1-2-4-8(7-10(13)14)12-11(15)9-5-3-6-16-9/h8-9H,2-7H2,1H3,(H,12,15)(H,13,14). The number of carbonyl (C=O) groups is 2. The molecule has 1 rings (SSSR count). The molecule has 5 heteroatoms. The lowest BCUT2D eigenvalue weighted by Crippen LogP contribution is -2.42. The molecule has 0 spiro atoms. The van der Waals surface area contributed by atoms with Gasteiger partial charge in [-0.25, -0.2) is 0 Å². The van der Waals surface area contributed by atoms with Crippen molar-refractivity contribution in [3.63, 3.8) is 0 Å². The summed E-state index contributed by atoms with van der Waals surface area (Å²) < 4.78 is 5.24. The monoisotopic (exact) mass is 229 g/mol. The summed E-state index contributed by atoms with van der Waals surface area (Å²) in [6.45, 7) is 2.59. The zero-order valence-electron chi connectivity index (χ0n) is 9.57. The number of carbonyl (C=O) groups excluding carboxylic acids is 1. The zero-order valence-corrected chi connectivity index (χ0v) is 9.57. The van der Waals surface area contributed by atoms with Gasteiger partial charge in [-0.1, -0.05) is 13.3 Å². The van der Waals surface area contributed by atoms with E-state index >= 15 is 0 Å². The third-order valence-electron chi connectivity index (χ3n) is 2.63. The van der Waals surface area contributed by atoms with Gasteiger partial charge in [-0.2, -0.15) is 0 Å². The minimum Gasteiger partial charge on any atom is -0.481 e. The molecule has 92 valence electrons. The number of aliphatic carboxylic acids is 1. The maximum Gasteiger partial charge on any atom is 0.305 e. The smallest absolute Gasteiger partial charge is 0.305 e. The highest BCUT2D eigenvalue weighted by molar-refractivity contribution is 5.81. The van der Waals surface area contributed by atoms with Crippen molar-refractivity contribution in [1.29, 1.82) is 0 Å². The highest BCUT2D eigenvalue weighted by Gasteiger charge is 2.25. The van der Waals surface area contributed by atoms with Crippen molar-refractivity contribution in [3.8, 4) is 0 Å². The van der Waals surface area contributed by atoms with Crippen LogP contribution in [-0.2, 0) is 14.3 Å². The predicted octanol–water partition coefficient (Wildman–Crippen LogP) is 0.925. The number of carboxylic acids is 1. The van der Waals surface area contributed by atoms with Crippen LogP contribution in [0.5, 0.6) is 0 Å². The van der Waals surface area contributed by atoms with Crippen LogP contribution in [0.4, 0.5) is 0 Å². The maximum atomic E-state index is 11.7. The number of nitrogens with one attached hydrogen (secondary N) is 1. The average Bonchev–Trinajstić information content (AvgIpc) is 2.69. The summed E-state index contributed by atoms with van der Waals surface area (Å²) in [5, 5.41) is 11.5. The Labute approximate surface area is 95.2 Å². The second-order valence-electron chi connectivity index (χ2n) is 4.09. The van der Waals surface area contributed by atoms with Gasteiger partial charge in [0.1, 0.15) is 6.10 Å². The van der Waals surface area contributed by atoms with Gasteiger partial charge in [0.25, 0.3) is 0 Å². The van der Waals surface area contributed by atoms with E-state index in [4.69, 9.17) is 9.84 Å². The van der Waals surface area contributed by atoms with Gasteiger partial charge in [0.15, 0.2) is 0 Å². The lowest BCUT2D eigenvalue weighted by Gasteiger charge is -2.18. The van der Waals surface area contributed by atoms with E-state index in [1.165, 1.54) is 0 Å². The lowest BCUT2D eigenvalue weighted by molar-refractivity contribution is -0.138. The number of hydrogen-bond acceptors (Lipinski definition) is 3. The Balaban J connectivity index is 2.39. The molecule has 0 bridgehead atoms. The summed E-state index contributed by atoms with van der Waals surface area (Å²) in [6.07, 6.45) is 2.77. The third kappa shape index (κ3) is 4.18. The van der Waals surface area contributed by atoms with Crippen molar-refractivity contribution in [2.24, 2.45) is 0 Å². The fraction of sp³-hybridized carbons (Fsp3) is 0.818. The van der Waals surface area contributed by atoms with Crippen molar-refractivity contribution in [3.05, 3.63) is 0 Å². The lowest BCUT2D eigenvalue weighted by atomic mass is 10.1. The molecule has 2 N–H and O–H groups in total. The molecule has 0 aromatic carbocycles. The zero-order chi connectivity index (χ0) is 12.0. The highest BCUT2D eigenvalue weighted by atomic mass is 16.5. The van der Waals surface area contributed by atoms with E-state index in [-0.39, 0.29) is 24.5 Å². The van der Waals surface area contributed by atoms with Crippen molar-refractivity contribution >= 4 is 11.9 Å². The van der Waals surface area contributed by atoms with E-state index < -0.39 is 5.97 Å². The van der Waals surface area contributed by atoms with Crippen molar-refractivity contribution in [1.82, 2.24) is 5.32 Å². The van der Waals surface area contributed by atoms with Crippen LogP contribution in [0, 0.1) is 0 Å². The molecule has 16 heavy (non-hydrogen) atoms. The Morgan fingerprint density at radius 2 is 2.31 bits per heavy atom. The molecule has 1 saturated heterocycles. The van der Waals surface area contributed by atoms with Crippen LogP contribution in [0.15, 0.2) is 0 Å². The Bertz CT molecular complexity index is 248. The molecule has 1 amide bonds. The summed E-state index contributed by atoms with van der Waals surface area (Å²) in [5.41, 5.74) is 0. The van der Waals surface area contributed by atoms with E-state index in [9.17, 15) is 9.59 Å². The Morgan fingerprint density at radius 3 is 2.81 bits per heavy atom. The summed E-state index contributed by atoms with van der Waals surface area (Å²) >= 11 is 0. The molecule has 0 radical (unpaired) electrons. The maximum absolute atomic E-state index is 11.7. The molecule has 0 aromatic rings. The fourth-order valence-electron chi connectivity index (χ4n) is 1.86. The van der Waals surface area contributed by atoms with Gasteiger partial charge in [0.05, 0.1) is 6.42 Å². The number of rotatable bonds is 6. The van der Waals surface area contributed by atoms with E-state index in [1.807, 2.05) is 6.92 Å². The molecule has 5 nitrogen and oxygen atoms in total. The average molecular weight is 229 g/mol. The number of carboxylic acid groups (broad SMARTS) is 1. The highest BCUT2D eigenvalue weighted by Crippen LogP contribution is 2.13. The number of amides is 1. The second-order valence-corrected chi connectivity index (χ2v) is 4.09. The topological polar surface area (TPSA) is 75.6 Å². The molecule has 1 aliphatic rings. The van der Waals surface area contributed by atoms with Gasteiger partial charge in [0.2, 0.25) is 5.91 Å². The quantitative estimate of drug-likeness (QED) is 0.710. The second kappa shape index (κ2) is 6.48. The summed E-state index contributed by atoms with van der Waals surface area (Å²) in [4.78, 5) is 22.3. The van der Waals surface area contributed by atoms with Gasteiger partial charge >= 0.3 is 5.97 Å². The molecular weight excluding hydrogens is 210 g/mol. The van der Waals surface area contributed by atoms with Crippen LogP contribution < -0.4 is 5.32 Å². The largest absolute Gasteiger partial charge is 0.481 e. The Kier molecular flexibility index (Phi) is 5.25. The number of ether oxygens (including phenoxy) is 1. The van der Waals surface area contributed by atoms with Gasteiger partial charge < -0.3 is 15.2 Å². The first-order valence-corrected chi connectivity index (χ1v) is 5.77. The molecule has 0 aliphatic carbocycles. The van der Waals surface area contributed by atoms with E-state index in [2.05, 4.69) is 5.32 Å². The third-order valence-corrected chi connectivity index (χ3v) is 2.63. The Morgan fingerprint density at radius 1 is 1.56 bits per heavy atom. The van der Waals surface area contributed by atoms with Crippen LogP contribution in [0.1, 0.15) is 39.0 Å². The minimum atomic E-state index is -0.883. The first-order valence-electron chi connectivity index (χ1n) is 5.77. The van der Waals surface area contributed by atoms with Crippen LogP contribution in [0.25, 0.3) is 0 Å². The first-order chi connectivity index (χ1) is 7.63. The molecule has 0 aromatic heterocycles. The molecule has 1 heterocycles. The first kappa shape index (κ1) is 13.0. The molecular formula is C11H19NO4.